The van der Waals surface area contributed by atoms with Crippen LogP contribution in [0.25, 0.3) is 0 Å². The van der Waals surface area contributed by atoms with Crippen molar-refractivity contribution in [1.82, 2.24) is 10.6 Å². The van der Waals surface area contributed by atoms with Crippen molar-refractivity contribution in [3.05, 3.63) is 0 Å². The monoisotopic (exact) mass is 250 g/mol. The highest BCUT2D eigenvalue weighted by atomic mass is 32.2. The Morgan fingerprint density at radius 3 is 2.88 bits per heavy atom. The molecule has 0 aromatic heterocycles. The van der Waals surface area contributed by atoms with Crippen LogP contribution in [0.2, 0.25) is 0 Å². The molecule has 0 atom stereocenters. The van der Waals surface area contributed by atoms with Crippen molar-refractivity contribution in [2.45, 2.75) is 6.42 Å². The number of amides is 1. The number of aliphatic hydroxyl groups is 1. The number of ether oxygens (including phenoxy) is 1. The molecule has 0 aromatic rings. The predicted octanol–water partition coefficient (Wildman–Crippen LogP) is -0.546. The van der Waals surface area contributed by atoms with Gasteiger partial charge in [0.05, 0.1) is 13.2 Å². The Morgan fingerprint density at radius 1 is 1.38 bits per heavy atom. The second kappa shape index (κ2) is 12.8. The molecular formula is C10H22N2O3S. The number of hydrogen-bond donors (Lipinski definition) is 3. The maximum absolute atomic E-state index is 11.2. The van der Waals surface area contributed by atoms with Gasteiger partial charge in [-0.1, -0.05) is 0 Å². The molecule has 0 bridgehead atoms. The molecule has 0 heterocycles. The van der Waals surface area contributed by atoms with Gasteiger partial charge in [0.25, 0.3) is 0 Å². The molecule has 0 aromatic carbocycles. The molecule has 0 aliphatic rings. The number of rotatable bonds is 11. The quantitative estimate of drug-likeness (QED) is 0.429. The summed E-state index contributed by atoms with van der Waals surface area (Å²) in [7, 11) is 1.61. The highest BCUT2D eigenvalue weighted by Gasteiger charge is 1.98. The molecule has 16 heavy (non-hydrogen) atoms. The molecule has 96 valence electrons. The molecule has 3 N–H and O–H groups in total. The third kappa shape index (κ3) is 11.8. The van der Waals surface area contributed by atoms with Crippen LogP contribution in [0.3, 0.4) is 0 Å². The second-order valence-corrected chi connectivity index (χ2v) is 4.43. The number of carbonyl (C=O) groups is 1. The highest BCUT2D eigenvalue weighted by molar-refractivity contribution is 7.99. The van der Waals surface area contributed by atoms with E-state index in [4.69, 9.17) is 9.84 Å². The van der Waals surface area contributed by atoms with Crippen LogP contribution in [0.1, 0.15) is 6.42 Å². The lowest BCUT2D eigenvalue weighted by atomic mass is 10.5. The Labute approximate surface area is 101 Å². The van der Waals surface area contributed by atoms with E-state index in [0.717, 1.165) is 24.5 Å². The lowest BCUT2D eigenvalue weighted by Gasteiger charge is -2.06. The van der Waals surface area contributed by atoms with Crippen molar-refractivity contribution in [2.75, 3.05) is 51.5 Å². The first-order valence-electron chi connectivity index (χ1n) is 5.46. The van der Waals surface area contributed by atoms with Crippen LogP contribution in [0, 0.1) is 0 Å². The molecule has 0 aliphatic carbocycles. The molecule has 5 nitrogen and oxygen atoms in total. The number of carbonyl (C=O) groups excluding carboxylic acids is 1. The van der Waals surface area contributed by atoms with E-state index in [-0.39, 0.29) is 12.5 Å². The zero-order chi connectivity index (χ0) is 12.1. The Kier molecular flexibility index (Phi) is 12.5. The van der Waals surface area contributed by atoms with E-state index in [1.165, 1.54) is 0 Å². The molecule has 6 heteroatoms. The van der Waals surface area contributed by atoms with Crippen LogP contribution in [0.5, 0.6) is 0 Å². The second-order valence-electron chi connectivity index (χ2n) is 3.21. The summed E-state index contributed by atoms with van der Waals surface area (Å²) in [6, 6.07) is 0. The molecule has 1 amide bonds. The number of nitrogens with one attached hydrogen (secondary N) is 2. The molecule has 0 unspecified atom stereocenters. The first-order chi connectivity index (χ1) is 7.81. The van der Waals surface area contributed by atoms with Gasteiger partial charge < -0.3 is 20.5 Å². The van der Waals surface area contributed by atoms with E-state index >= 15 is 0 Å². The lowest BCUT2D eigenvalue weighted by molar-refractivity contribution is -0.120. The number of hydrogen-bond acceptors (Lipinski definition) is 5. The van der Waals surface area contributed by atoms with E-state index in [1.807, 2.05) is 0 Å². The van der Waals surface area contributed by atoms with Crippen LogP contribution in [0.4, 0.5) is 0 Å². The SMILES string of the molecule is COCCNC(=O)CNCCSCCCO. The van der Waals surface area contributed by atoms with Gasteiger partial charge in [0.1, 0.15) is 0 Å². The summed E-state index contributed by atoms with van der Waals surface area (Å²) in [6.45, 7) is 2.52. The van der Waals surface area contributed by atoms with Crippen LogP contribution in [-0.2, 0) is 9.53 Å². The summed E-state index contributed by atoms with van der Waals surface area (Å²) >= 11 is 1.78. The smallest absolute Gasteiger partial charge is 0.234 e. The summed E-state index contributed by atoms with van der Waals surface area (Å²) in [5, 5.41) is 14.3. The van der Waals surface area contributed by atoms with Crippen molar-refractivity contribution in [3.8, 4) is 0 Å². The highest BCUT2D eigenvalue weighted by Crippen LogP contribution is 1.99. The van der Waals surface area contributed by atoms with Crippen molar-refractivity contribution in [1.29, 1.82) is 0 Å². The van der Waals surface area contributed by atoms with Gasteiger partial charge in [0.15, 0.2) is 0 Å². The summed E-state index contributed by atoms with van der Waals surface area (Å²) in [4.78, 5) is 11.2. The van der Waals surface area contributed by atoms with Gasteiger partial charge in [-0.25, -0.2) is 0 Å². The molecular weight excluding hydrogens is 228 g/mol. The van der Waals surface area contributed by atoms with E-state index in [1.54, 1.807) is 18.9 Å². The Morgan fingerprint density at radius 2 is 2.19 bits per heavy atom. The number of aliphatic hydroxyl groups excluding tert-OH is 1. The van der Waals surface area contributed by atoms with Gasteiger partial charge >= 0.3 is 0 Å². The Hall–Kier alpha value is -0.300. The maximum Gasteiger partial charge on any atom is 0.234 e. The topological polar surface area (TPSA) is 70.6 Å². The fourth-order valence-electron chi connectivity index (χ4n) is 0.970. The van der Waals surface area contributed by atoms with Gasteiger partial charge in [-0.2, -0.15) is 11.8 Å². The standard InChI is InChI=1S/C10H22N2O3S/c1-15-6-3-12-10(14)9-11-4-8-16-7-2-5-13/h11,13H,2-9H2,1H3,(H,12,14). The minimum atomic E-state index is -0.00240. The predicted molar refractivity (Wildman–Crippen MR) is 66.8 cm³/mol. The molecule has 0 spiro atoms. The van der Waals surface area contributed by atoms with Gasteiger partial charge in [-0.3, -0.25) is 4.79 Å². The summed E-state index contributed by atoms with van der Waals surface area (Å²) in [5.41, 5.74) is 0. The number of thioether (sulfide) groups is 1. The van der Waals surface area contributed by atoms with E-state index in [0.29, 0.717) is 19.7 Å². The molecule has 0 rings (SSSR count). The van der Waals surface area contributed by atoms with Crippen molar-refractivity contribution in [3.63, 3.8) is 0 Å². The fourth-order valence-corrected chi connectivity index (χ4v) is 1.80. The lowest BCUT2D eigenvalue weighted by Crippen LogP contribution is -2.36. The Bertz CT molecular complexity index is 170. The fraction of sp³-hybridized carbons (Fsp3) is 0.900. The van der Waals surface area contributed by atoms with E-state index < -0.39 is 0 Å². The molecule has 0 saturated heterocycles. The van der Waals surface area contributed by atoms with Gasteiger partial charge in [0, 0.05) is 32.6 Å². The van der Waals surface area contributed by atoms with Gasteiger partial charge in [0.2, 0.25) is 5.91 Å². The third-order valence-corrected chi connectivity index (χ3v) is 2.85. The van der Waals surface area contributed by atoms with E-state index in [2.05, 4.69) is 10.6 Å². The average Bonchev–Trinajstić information content (AvgIpc) is 2.28. The minimum Gasteiger partial charge on any atom is -0.396 e. The van der Waals surface area contributed by atoms with Crippen LogP contribution in [-0.4, -0.2) is 62.5 Å². The summed E-state index contributed by atoms with van der Waals surface area (Å²) < 4.78 is 4.81. The van der Waals surface area contributed by atoms with Crippen molar-refractivity contribution < 1.29 is 14.6 Å². The van der Waals surface area contributed by atoms with Crippen molar-refractivity contribution >= 4 is 17.7 Å². The zero-order valence-electron chi connectivity index (χ0n) is 9.83. The molecule has 0 fully saturated rings. The largest absolute Gasteiger partial charge is 0.396 e. The first-order valence-corrected chi connectivity index (χ1v) is 6.61. The van der Waals surface area contributed by atoms with Crippen LogP contribution < -0.4 is 10.6 Å². The maximum atomic E-state index is 11.2. The Balaban J connectivity index is 3.09. The first kappa shape index (κ1) is 15.7. The molecule has 0 aliphatic heterocycles. The van der Waals surface area contributed by atoms with E-state index in [9.17, 15) is 4.79 Å². The molecule has 0 saturated carbocycles. The number of methoxy groups -OCH3 is 1. The normalized spacial score (nSPS) is 10.4. The summed E-state index contributed by atoms with van der Waals surface area (Å²) in [6.07, 6.45) is 0.835. The summed E-state index contributed by atoms with van der Waals surface area (Å²) in [5.74, 6) is 1.93. The van der Waals surface area contributed by atoms with Crippen LogP contribution >= 0.6 is 11.8 Å². The van der Waals surface area contributed by atoms with Gasteiger partial charge in [-0.05, 0) is 12.2 Å². The van der Waals surface area contributed by atoms with Gasteiger partial charge in [-0.15, -0.1) is 0 Å². The van der Waals surface area contributed by atoms with Crippen LogP contribution in [0.15, 0.2) is 0 Å². The minimum absolute atomic E-state index is 0.00240. The third-order valence-electron chi connectivity index (χ3n) is 1.78. The zero-order valence-corrected chi connectivity index (χ0v) is 10.6. The average molecular weight is 250 g/mol. The molecule has 0 radical (unpaired) electrons. The van der Waals surface area contributed by atoms with Crippen molar-refractivity contribution in [2.24, 2.45) is 0 Å².